The van der Waals surface area contributed by atoms with Crippen molar-refractivity contribution < 1.29 is 0 Å². The molecule has 4 heteroatoms. The van der Waals surface area contributed by atoms with E-state index in [0.717, 1.165) is 20.1 Å². The van der Waals surface area contributed by atoms with E-state index < -0.39 is 0 Å². The molecular weight excluding hydrogens is 392 g/mol. The fourth-order valence-electron chi connectivity index (χ4n) is 1.46. The lowest BCUT2D eigenvalue weighted by atomic mass is 10.0. The van der Waals surface area contributed by atoms with Crippen molar-refractivity contribution in [1.29, 1.82) is 0 Å². The summed E-state index contributed by atoms with van der Waals surface area (Å²) in [7, 11) is 0. The van der Waals surface area contributed by atoms with Crippen LogP contribution in [0.5, 0.6) is 0 Å². The number of halogens is 2. The molecule has 0 aliphatic heterocycles. The van der Waals surface area contributed by atoms with Gasteiger partial charge in [0.25, 0.3) is 0 Å². The van der Waals surface area contributed by atoms with Crippen LogP contribution in [0, 0.1) is 0 Å². The second-order valence-electron chi connectivity index (χ2n) is 3.67. The Morgan fingerprint density at radius 2 is 0.889 bits per heavy atom. The number of hydrogen-bond acceptors (Lipinski definition) is 2. The number of benzene rings is 2. The molecule has 0 amide bonds. The van der Waals surface area contributed by atoms with E-state index in [1.54, 1.807) is 0 Å². The van der Waals surface area contributed by atoms with Gasteiger partial charge < -0.3 is 0 Å². The molecule has 0 spiro atoms. The van der Waals surface area contributed by atoms with Gasteiger partial charge in [-0.25, -0.2) is 0 Å². The minimum absolute atomic E-state index is 0.708. The monoisotopic (exact) mass is 398 g/mol. The Kier molecular flexibility index (Phi) is 4.78. The normalized spacial score (nSPS) is 10.1. The predicted molar refractivity (Wildman–Crippen MR) is 91.7 cm³/mol. The van der Waals surface area contributed by atoms with Crippen molar-refractivity contribution in [1.82, 2.24) is 0 Å². The van der Waals surface area contributed by atoms with Gasteiger partial charge in [0.15, 0.2) is 0 Å². The zero-order chi connectivity index (χ0) is 13.1. The lowest BCUT2D eigenvalue weighted by Gasteiger charge is -2.06. The molecule has 0 radical (unpaired) electrons. The van der Waals surface area contributed by atoms with Crippen LogP contribution in [0.1, 0.15) is 11.1 Å². The van der Waals surface area contributed by atoms with Gasteiger partial charge >= 0.3 is 0 Å². The summed E-state index contributed by atoms with van der Waals surface area (Å²) in [6.45, 7) is 0. The lowest BCUT2D eigenvalue weighted by molar-refractivity contribution is 1.61. The zero-order valence-corrected chi connectivity index (χ0v) is 14.0. The highest BCUT2D eigenvalue weighted by molar-refractivity contribution is 9.10. The highest BCUT2D eigenvalue weighted by atomic mass is 79.9. The Morgan fingerprint density at radius 1 is 0.611 bits per heavy atom. The van der Waals surface area contributed by atoms with Gasteiger partial charge in [-0.15, -0.1) is 0 Å². The van der Waals surface area contributed by atoms with Crippen molar-refractivity contribution in [3.8, 4) is 0 Å². The van der Waals surface area contributed by atoms with Crippen LogP contribution in [0.15, 0.2) is 57.5 Å². The molecule has 0 N–H and O–H groups in total. The summed E-state index contributed by atoms with van der Waals surface area (Å²) in [6, 6.07) is 15.7. The van der Waals surface area contributed by atoms with E-state index >= 15 is 0 Å². The van der Waals surface area contributed by atoms with Crippen molar-refractivity contribution >= 4 is 66.0 Å². The van der Waals surface area contributed by atoms with Crippen molar-refractivity contribution in [3.63, 3.8) is 0 Å². The van der Waals surface area contributed by atoms with Crippen molar-refractivity contribution in [3.05, 3.63) is 68.6 Å². The number of rotatable bonds is 3. The SMILES string of the molecule is S=C(C(=S)c1ccc(Br)cc1)c1ccc(Br)cc1. The summed E-state index contributed by atoms with van der Waals surface area (Å²) in [4.78, 5) is 1.42. The molecule has 0 nitrogen and oxygen atoms in total. The molecule has 2 aromatic carbocycles. The zero-order valence-electron chi connectivity index (χ0n) is 9.19. The first-order valence-corrected chi connectivity index (χ1v) is 7.58. The summed E-state index contributed by atoms with van der Waals surface area (Å²) in [5, 5.41) is 0. The fourth-order valence-corrected chi connectivity index (χ4v) is 2.50. The quantitative estimate of drug-likeness (QED) is 0.504. The molecule has 0 fully saturated rings. The second kappa shape index (κ2) is 6.15. The molecule has 0 aliphatic rings. The third-order valence-corrected chi connectivity index (χ3v) is 4.49. The standard InChI is InChI=1S/C14H8Br2S2/c15-11-5-1-9(2-6-11)13(17)14(18)10-3-7-12(16)8-4-10/h1-8H. The van der Waals surface area contributed by atoms with Gasteiger partial charge in [-0.2, -0.15) is 0 Å². The van der Waals surface area contributed by atoms with E-state index in [4.69, 9.17) is 24.4 Å². The van der Waals surface area contributed by atoms with Crippen LogP contribution in [-0.2, 0) is 0 Å². The van der Waals surface area contributed by atoms with Crippen LogP contribution in [0.2, 0.25) is 0 Å². The molecule has 0 unspecified atom stereocenters. The molecule has 0 saturated carbocycles. The minimum Gasteiger partial charge on any atom is -0.0778 e. The summed E-state index contributed by atoms with van der Waals surface area (Å²) in [5.41, 5.74) is 1.95. The van der Waals surface area contributed by atoms with Crippen molar-refractivity contribution in [2.75, 3.05) is 0 Å². The van der Waals surface area contributed by atoms with E-state index in [1.165, 1.54) is 0 Å². The molecule has 0 saturated heterocycles. The van der Waals surface area contributed by atoms with Crippen molar-refractivity contribution in [2.45, 2.75) is 0 Å². The first-order chi connectivity index (χ1) is 8.58. The molecule has 0 bridgehead atoms. The highest BCUT2D eigenvalue weighted by Crippen LogP contribution is 2.16. The van der Waals surface area contributed by atoms with E-state index in [2.05, 4.69) is 31.9 Å². The fraction of sp³-hybridized carbons (Fsp3) is 0. The maximum absolute atomic E-state index is 5.43. The summed E-state index contributed by atoms with van der Waals surface area (Å²) in [5.74, 6) is 0. The molecule has 0 heterocycles. The predicted octanol–water partition coefficient (Wildman–Crippen LogP) is 5.35. The average Bonchev–Trinajstić information content (AvgIpc) is 2.39. The summed E-state index contributed by atoms with van der Waals surface area (Å²) in [6.07, 6.45) is 0. The maximum Gasteiger partial charge on any atom is 0.0636 e. The van der Waals surface area contributed by atoms with E-state index in [0.29, 0.717) is 9.73 Å². The van der Waals surface area contributed by atoms with Crippen LogP contribution in [0.25, 0.3) is 0 Å². The Morgan fingerprint density at radius 3 is 1.17 bits per heavy atom. The average molecular weight is 400 g/mol. The minimum atomic E-state index is 0.708. The summed E-state index contributed by atoms with van der Waals surface area (Å²) >= 11 is 17.7. The van der Waals surface area contributed by atoms with Gasteiger partial charge in [-0.05, 0) is 35.4 Å². The third-order valence-electron chi connectivity index (χ3n) is 2.42. The van der Waals surface area contributed by atoms with E-state index in [1.807, 2.05) is 48.5 Å². The summed E-state index contributed by atoms with van der Waals surface area (Å²) < 4.78 is 2.06. The molecular formula is C14H8Br2S2. The third kappa shape index (κ3) is 3.32. The van der Waals surface area contributed by atoms with Gasteiger partial charge in [-0.3, -0.25) is 0 Å². The number of thiocarbonyl (C=S) groups is 2. The van der Waals surface area contributed by atoms with Crippen LogP contribution >= 0.6 is 56.3 Å². The number of hydrogen-bond donors (Lipinski definition) is 0. The Labute approximate surface area is 134 Å². The van der Waals surface area contributed by atoms with Crippen LogP contribution < -0.4 is 0 Å². The molecule has 90 valence electrons. The Bertz CT molecular complexity index is 531. The van der Waals surface area contributed by atoms with Gasteiger partial charge in [0, 0.05) is 8.95 Å². The molecule has 2 rings (SSSR count). The Hall–Kier alpha value is -0.420. The van der Waals surface area contributed by atoms with Gasteiger partial charge in [-0.1, -0.05) is 80.6 Å². The second-order valence-corrected chi connectivity index (χ2v) is 6.32. The highest BCUT2D eigenvalue weighted by Gasteiger charge is 2.09. The molecule has 2 aromatic rings. The van der Waals surface area contributed by atoms with E-state index in [-0.39, 0.29) is 0 Å². The molecule has 0 aromatic heterocycles. The largest absolute Gasteiger partial charge is 0.0778 e. The van der Waals surface area contributed by atoms with Gasteiger partial charge in [0.05, 0.1) is 9.73 Å². The van der Waals surface area contributed by atoms with Crippen molar-refractivity contribution in [2.24, 2.45) is 0 Å². The van der Waals surface area contributed by atoms with Gasteiger partial charge in [0.2, 0.25) is 0 Å². The molecule has 0 aliphatic carbocycles. The topological polar surface area (TPSA) is 0 Å². The van der Waals surface area contributed by atoms with Gasteiger partial charge in [0.1, 0.15) is 0 Å². The van der Waals surface area contributed by atoms with Crippen LogP contribution in [0.3, 0.4) is 0 Å². The smallest absolute Gasteiger partial charge is 0.0636 e. The first kappa shape index (κ1) is 14.0. The van der Waals surface area contributed by atoms with Crippen LogP contribution in [-0.4, -0.2) is 9.73 Å². The lowest BCUT2D eigenvalue weighted by Crippen LogP contribution is -2.11. The van der Waals surface area contributed by atoms with E-state index in [9.17, 15) is 0 Å². The van der Waals surface area contributed by atoms with Crippen LogP contribution in [0.4, 0.5) is 0 Å². The molecule has 18 heavy (non-hydrogen) atoms. The Balaban J connectivity index is 2.26. The molecule has 0 atom stereocenters. The maximum atomic E-state index is 5.43. The first-order valence-electron chi connectivity index (χ1n) is 5.18.